The number of benzene rings is 3. The second kappa shape index (κ2) is 9.89. The topological polar surface area (TPSA) is 86.5 Å². The van der Waals surface area contributed by atoms with Gasteiger partial charge in [0, 0.05) is 21.9 Å². The minimum Gasteiger partial charge on any atom is -0.493 e. The second-order valence-electron chi connectivity index (χ2n) is 7.72. The molecule has 8 nitrogen and oxygen atoms in total. The number of hydrogen-bond donors (Lipinski definition) is 1. The molecule has 0 aliphatic carbocycles. The van der Waals surface area contributed by atoms with Gasteiger partial charge in [0.1, 0.15) is 12.1 Å². The van der Waals surface area contributed by atoms with Crippen LogP contribution >= 0.6 is 27.5 Å². The molecule has 0 radical (unpaired) electrons. The second-order valence-corrected chi connectivity index (χ2v) is 9.08. The fraction of sp³-hybridized carbons (Fsp3) is 0.120. The highest BCUT2D eigenvalue weighted by molar-refractivity contribution is 9.10. The third-order valence-corrected chi connectivity index (χ3v) is 6.18. The normalized spacial score (nSPS) is 11.4. The molecule has 5 rings (SSSR count). The summed E-state index contributed by atoms with van der Waals surface area (Å²) in [7, 11) is 3.55. The molecule has 0 unspecified atom stereocenters. The quantitative estimate of drug-likeness (QED) is 0.198. The van der Waals surface area contributed by atoms with E-state index in [9.17, 15) is 0 Å². The number of anilines is 1. The summed E-state index contributed by atoms with van der Waals surface area (Å²) in [5.74, 6) is 1.53. The first-order chi connectivity index (χ1) is 17.0. The average Bonchev–Trinajstić information content (AvgIpc) is 3.14. The van der Waals surface area contributed by atoms with Crippen LogP contribution in [0.3, 0.4) is 0 Å². The lowest BCUT2D eigenvalue weighted by atomic mass is 10.2. The molecule has 5 aromatic rings. The Morgan fingerprint density at radius 2 is 1.89 bits per heavy atom. The molecule has 176 valence electrons. The van der Waals surface area contributed by atoms with Crippen LogP contribution in [0.2, 0.25) is 5.02 Å². The number of rotatable bonds is 7. The smallest absolute Gasteiger partial charge is 0.265 e. The van der Waals surface area contributed by atoms with Crippen LogP contribution in [0.25, 0.3) is 22.1 Å². The number of halogens is 2. The van der Waals surface area contributed by atoms with Crippen LogP contribution in [-0.2, 0) is 13.7 Å². The SMILES string of the molecule is COc1cc(/C=N/Nc2nnc3c4cc(Br)ccc4n(C)c3n2)ccc1OCc1ccc(Cl)cc1. The van der Waals surface area contributed by atoms with Crippen molar-refractivity contribution in [2.45, 2.75) is 6.61 Å². The Bertz CT molecular complexity index is 1550. The fourth-order valence-corrected chi connectivity index (χ4v) is 4.15. The Morgan fingerprint density at radius 1 is 1.06 bits per heavy atom. The van der Waals surface area contributed by atoms with Crippen molar-refractivity contribution in [3.63, 3.8) is 0 Å². The van der Waals surface area contributed by atoms with Gasteiger partial charge >= 0.3 is 0 Å². The molecule has 0 amide bonds. The standard InChI is InChI=1S/C25H20BrClN6O2/c1-33-20-9-6-17(26)12-19(20)23-24(33)29-25(32-30-23)31-28-13-16-5-10-21(22(11-16)34-2)35-14-15-3-7-18(27)8-4-15/h3-13H,14H2,1-2H3,(H,29,31,32)/b28-13+. The molecule has 0 bridgehead atoms. The average molecular weight is 552 g/mol. The van der Waals surface area contributed by atoms with E-state index < -0.39 is 0 Å². The number of methoxy groups -OCH3 is 1. The number of fused-ring (bicyclic) bond motifs is 3. The molecule has 0 fully saturated rings. The molecular weight excluding hydrogens is 532 g/mol. The summed E-state index contributed by atoms with van der Waals surface area (Å²) in [5, 5.41) is 14.5. The molecule has 35 heavy (non-hydrogen) atoms. The van der Waals surface area contributed by atoms with Gasteiger partial charge in [-0.25, -0.2) is 5.43 Å². The van der Waals surface area contributed by atoms with Crippen molar-refractivity contribution in [1.29, 1.82) is 0 Å². The third kappa shape index (κ3) is 4.91. The van der Waals surface area contributed by atoms with Gasteiger partial charge in [-0.3, -0.25) is 0 Å². The Kier molecular flexibility index (Phi) is 6.52. The number of nitrogens with zero attached hydrogens (tertiary/aromatic N) is 5. The van der Waals surface area contributed by atoms with E-state index >= 15 is 0 Å². The lowest BCUT2D eigenvalue weighted by Crippen LogP contribution is -2.01. The first-order valence-electron chi connectivity index (χ1n) is 10.6. The molecule has 2 aromatic heterocycles. The van der Waals surface area contributed by atoms with Crippen molar-refractivity contribution in [2.24, 2.45) is 12.1 Å². The molecule has 0 saturated heterocycles. The lowest BCUT2D eigenvalue weighted by Gasteiger charge is -2.11. The number of hydrogen-bond acceptors (Lipinski definition) is 7. The monoisotopic (exact) mass is 550 g/mol. The van der Waals surface area contributed by atoms with E-state index in [1.165, 1.54) is 0 Å². The van der Waals surface area contributed by atoms with E-state index in [0.29, 0.717) is 29.1 Å². The summed E-state index contributed by atoms with van der Waals surface area (Å²) in [6, 6.07) is 19.1. The lowest BCUT2D eigenvalue weighted by molar-refractivity contribution is 0.284. The van der Waals surface area contributed by atoms with Crippen LogP contribution in [0.5, 0.6) is 11.5 Å². The van der Waals surface area contributed by atoms with Crippen LogP contribution in [0, 0.1) is 0 Å². The number of ether oxygens (including phenoxy) is 2. The van der Waals surface area contributed by atoms with Crippen molar-refractivity contribution in [3.05, 3.63) is 81.3 Å². The first kappa shape index (κ1) is 23.1. The van der Waals surface area contributed by atoms with Crippen LogP contribution in [0.1, 0.15) is 11.1 Å². The zero-order chi connectivity index (χ0) is 24.4. The molecule has 10 heteroatoms. The van der Waals surface area contributed by atoms with Crippen molar-refractivity contribution in [1.82, 2.24) is 19.7 Å². The maximum atomic E-state index is 5.94. The van der Waals surface area contributed by atoms with E-state index in [0.717, 1.165) is 37.7 Å². The maximum Gasteiger partial charge on any atom is 0.265 e. The van der Waals surface area contributed by atoms with Gasteiger partial charge in [0.05, 0.1) is 18.8 Å². The zero-order valence-electron chi connectivity index (χ0n) is 18.9. The Morgan fingerprint density at radius 3 is 2.69 bits per heavy atom. The van der Waals surface area contributed by atoms with Crippen LogP contribution < -0.4 is 14.9 Å². The van der Waals surface area contributed by atoms with E-state index in [1.807, 2.05) is 72.3 Å². The van der Waals surface area contributed by atoms with Crippen molar-refractivity contribution < 1.29 is 9.47 Å². The molecule has 0 aliphatic heterocycles. The Balaban J connectivity index is 1.30. The van der Waals surface area contributed by atoms with E-state index in [4.69, 9.17) is 21.1 Å². The summed E-state index contributed by atoms with van der Waals surface area (Å²) < 4.78 is 14.3. The van der Waals surface area contributed by atoms with Crippen LogP contribution in [0.15, 0.2) is 70.2 Å². The third-order valence-electron chi connectivity index (χ3n) is 5.43. The van der Waals surface area contributed by atoms with Gasteiger partial charge in [-0.1, -0.05) is 39.7 Å². The Hall–Kier alpha value is -3.69. The largest absolute Gasteiger partial charge is 0.493 e. The highest BCUT2D eigenvalue weighted by atomic mass is 79.9. The fourth-order valence-electron chi connectivity index (χ4n) is 3.67. The Labute approximate surface area is 214 Å². The zero-order valence-corrected chi connectivity index (χ0v) is 21.2. The van der Waals surface area contributed by atoms with E-state index in [-0.39, 0.29) is 0 Å². The van der Waals surface area contributed by atoms with Crippen molar-refractivity contribution in [2.75, 3.05) is 12.5 Å². The molecule has 0 aliphatic rings. The summed E-state index contributed by atoms with van der Waals surface area (Å²) >= 11 is 9.44. The molecular formula is C25H20BrClN6O2. The highest BCUT2D eigenvalue weighted by Gasteiger charge is 2.13. The summed E-state index contributed by atoms with van der Waals surface area (Å²) in [6.45, 7) is 0.403. The van der Waals surface area contributed by atoms with Gasteiger partial charge in [0.2, 0.25) is 0 Å². The van der Waals surface area contributed by atoms with Crippen molar-refractivity contribution in [3.8, 4) is 11.5 Å². The van der Waals surface area contributed by atoms with Gasteiger partial charge in [-0.15, -0.1) is 10.2 Å². The van der Waals surface area contributed by atoms with Crippen LogP contribution in [0.4, 0.5) is 5.95 Å². The molecule has 2 heterocycles. The number of aryl methyl sites for hydroxylation is 1. The molecule has 0 spiro atoms. The highest BCUT2D eigenvalue weighted by Crippen LogP contribution is 2.29. The predicted molar refractivity (Wildman–Crippen MR) is 142 cm³/mol. The van der Waals surface area contributed by atoms with Gasteiger partial charge in [-0.2, -0.15) is 10.1 Å². The van der Waals surface area contributed by atoms with Crippen molar-refractivity contribution >= 4 is 61.8 Å². The molecule has 0 saturated carbocycles. The van der Waals surface area contributed by atoms with E-state index in [1.54, 1.807) is 13.3 Å². The summed E-state index contributed by atoms with van der Waals surface area (Å²) in [6.07, 6.45) is 1.65. The minimum atomic E-state index is 0.300. The summed E-state index contributed by atoms with van der Waals surface area (Å²) in [4.78, 5) is 4.58. The van der Waals surface area contributed by atoms with Gasteiger partial charge in [0.15, 0.2) is 17.1 Å². The van der Waals surface area contributed by atoms with Crippen LogP contribution in [-0.4, -0.2) is 33.1 Å². The van der Waals surface area contributed by atoms with Gasteiger partial charge < -0.3 is 14.0 Å². The number of nitrogens with one attached hydrogen (secondary N) is 1. The van der Waals surface area contributed by atoms with E-state index in [2.05, 4.69) is 41.6 Å². The van der Waals surface area contributed by atoms with Gasteiger partial charge in [0.25, 0.3) is 5.95 Å². The molecule has 0 atom stereocenters. The number of hydrazone groups is 1. The van der Waals surface area contributed by atoms with Gasteiger partial charge in [-0.05, 0) is 59.7 Å². The predicted octanol–water partition coefficient (Wildman–Crippen LogP) is 5.97. The number of aromatic nitrogens is 4. The molecule has 3 aromatic carbocycles. The maximum absolute atomic E-state index is 5.94. The summed E-state index contributed by atoms with van der Waals surface area (Å²) in [5.41, 5.74) is 7.15. The first-order valence-corrected chi connectivity index (χ1v) is 11.8. The minimum absolute atomic E-state index is 0.300. The molecule has 1 N–H and O–H groups in total.